The largest absolute Gasteiger partial charge is 0.492 e. The number of hydrazone groups is 1. The minimum Gasteiger partial charge on any atom is -0.492 e. The molecule has 3 rings (SSSR count). The third kappa shape index (κ3) is 9.23. The molecule has 0 atom stereocenters. The summed E-state index contributed by atoms with van der Waals surface area (Å²) in [6.45, 7) is 3.51. The van der Waals surface area contributed by atoms with Crippen molar-refractivity contribution in [2.24, 2.45) is 5.10 Å². The van der Waals surface area contributed by atoms with Crippen LogP contribution in [-0.2, 0) is 20.6 Å². The third-order valence-corrected chi connectivity index (χ3v) is 5.70. The van der Waals surface area contributed by atoms with Crippen LogP contribution in [0, 0.1) is 0 Å². The Balaban J connectivity index is 1.60. The Kier molecular flexibility index (Phi) is 11.3. The van der Waals surface area contributed by atoms with E-state index in [-0.39, 0.29) is 22.6 Å². The Morgan fingerprint density at radius 3 is 2.26 bits per heavy atom. The Hall–Kier alpha value is -4.59. The fourth-order valence-corrected chi connectivity index (χ4v) is 3.79. The highest BCUT2D eigenvalue weighted by molar-refractivity contribution is 9.10. The van der Waals surface area contributed by atoms with Crippen molar-refractivity contribution in [3.63, 3.8) is 0 Å². The van der Waals surface area contributed by atoms with Crippen molar-refractivity contribution >= 4 is 51.2 Å². The van der Waals surface area contributed by atoms with Crippen LogP contribution in [0.3, 0.4) is 0 Å². The molecule has 3 aromatic rings. The van der Waals surface area contributed by atoms with Crippen molar-refractivity contribution in [2.45, 2.75) is 20.0 Å². The van der Waals surface area contributed by atoms with Crippen LogP contribution in [-0.4, -0.2) is 43.8 Å². The van der Waals surface area contributed by atoms with Gasteiger partial charge >= 0.3 is 18.0 Å². The summed E-state index contributed by atoms with van der Waals surface area (Å²) in [5, 5.41) is 8.43. The summed E-state index contributed by atoms with van der Waals surface area (Å²) < 4.78 is 56.6. The summed E-state index contributed by atoms with van der Waals surface area (Å²) in [5.74, 6) is -2.03. The third-order valence-electron chi connectivity index (χ3n) is 5.21. The number of para-hydroxylation sites is 2. The van der Waals surface area contributed by atoms with Crippen molar-refractivity contribution < 1.29 is 41.8 Å². The van der Waals surface area contributed by atoms with Crippen molar-refractivity contribution in [3.05, 3.63) is 76.3 Å². The number of nitrogens with one attached hydrogen (secondary N) is 3. The standard InChI is InChI=1S/C28H26BrF3N4O6/c1-3-40-22-8-6-5-7-21(22)35-26(38)27(39)36-33-15-17-9-12-23(24(13-17)41-4-2)42-16-25(37)34-20-11-10-18(29)14-19(20)28(30,31)32/h5-15H,3-4,16H2,1-2H3,(H,34,37)(H,35,38)(H,36,39)/b33-15-. The van der Waals surface area contributed by atoms with Crippen molar-refractivity contribution in [3.8, 4) is 17.2 Å². The number of ether oxygens (including phenoxy) is 3. The number of rotatable bonds is 11. The predicted octanol–water partition coefficient (Wildman–Crippen LogP) is 5.37. The quantitative estimate of drug-likeness (QED) is 0.145. The lowest BCUT2D eigenvalue weighted by molar-refractivity contribution is -0.137. The van der Waals surface area contributed by atoms with Gasteiger partial charge in [0.25, 0.3) is 5.91 Å². The van der Waals surface area contributed by atoms with Crippen LogP contribution < -0.4 is 30.3 Å². The van der Waals surface area contributed by atoms with Gasteiger partial charge in [-0.1, -0.05) is 28.1 Å². The number of halogens is 4. The predicted molar refractivity (Wildman–Crippen MR) is 153 cm³/mol. The number of nitrogens with zero attached hydrogens (tertiary/aromatic N) is 1. The molecule has 0 unspecified atom stereocenters. The van der Waals surface area contributed by atoms with Crippen LogP contribution in [0.25, 0.3) is 0 Å². The molecule has 0 heterocycles. The van der Waals surface area contributed by atoms with E-state index in [0.717, 1.165) is 12.1 Å². The molecule has 0 aromatic heterocycles. The summed E-state index contributed by atoms with van der Waals surface area (Å²) in [7, 11) is 0. The molecule has 0 radical (unpaired) electrons. The molecule has 10 nitrogen and oxygen atoms in total. The zero-order valence-corrected chi connectivity index (χ0v) is 24.0. The van der Waals surface area contributed by atoms with Crippen molar-refractivity contribution in [1.29, 1.82) is 0 Å². The Morgan fingerprint density at radius 1 is 0.833 bits per heavy atom. The van der Waals surface area contributed by atoms with Crippen LogP contribution in [0.2, 0.25) is 0 Å². The molecule has 0 spiro atoms. The van der Waals surface area contributed by atoms with Gasteiger partial charge in [0, 0.05) is 4.47 Å². The molecule has 0 bridgehead atoms. The van der Waals surface area contributed by atoms with Crippen LogP contribution in [0.15, 0.2) is 70.2 Å². The summed E-state index contributed by atoms with van der Waals surface area (Å²) in [6, 6.07) is 14.5. The molecule has 0 aliphatic rings. The molecule has 3 aromatic carbocycles. The van der Waals surface area contributed by atoms with Gasteiger partial charge in [-0.05, 0) is 67.9 Å². The number of hydrogen-bond acceptors (Lipinski definition) is 7. The van der Waals surface area contributed by atoms with Crippen LogP contribution >= 0.6 is 15.9 Å². The van der Waals surface area contributed by atoms with Crippen LogP contribution in [0.1, 0.15) is 25.0 Å². The minimum atomic E-state index is -4.68. The molecule has 0 aliphatic carbocycles. The summed E-state index contributed by atoms with van der Waals surface area (Å²) in [6.07, 6.45) is -3.42. The fourth-order valence-electron chi connectivity index (χ4n) is 3.43. The highest BCUT2D eigenvalue weighted by Gasteiger charge is 2.34. The topological polar surface area (TPSA) is 127 Å². The maximum absolute atomic E-state index is 13.3. The van der Waals surface area contributed by atoms with Crippen molar-refractivity contribution in [1.82, 2.24) is 5.43 Å². The van der Waals surface area contributed by atoms with E-state index in [2.05, 4.69) is 37.1 Å². The summed E-state index contributed by atoms with van der Waals surface area (Å²) in [4.78, 5) is 36.8. The van der Waals surface area contributed by atoms with E-state index >= 15 is 0 Å². The highest BCUT2D eigenvalue weighted by atomic mass is 79.9. The van der Waals surface area contributed by atoms with E-state index in [1.54, 1.807) is 38.1 Å². The number of hydrogen-bond donors (Lipinski definition) is 3. The van der Waals surface area contributed by atoms with Gasteiger partial charge in [0.1, 0.15) is 5.75 Å². The molecular weight excluding hydrogens is 625 g/mol. The number of benzene rings is 3. The van der Waals surface area contributed by atoms with Gasteiger partial charge in [-0.2, -0.15) is 18.3 Å². The molecule has 0 saturated heterocycles. The van der Waals surface area contributed by atoms with Crippen molar-refractivity contribution in [2.75, 3.05) is 30.5 Å². The zero-order valence-electron chi connectivity index (χ0n) is 22.4. The molecule has 0 aliphatic heterocycles. The van der Waals surface area contributed by atoms with Gasteiger partial charge in [0.15, 0.2) is 18.1 Å². The number of alkyl halides is 3. The average Bonchev–Trinajstić information content (AvgIpc) is 2.94. The molecule has 3 N–H and O–H groups in total. The van der Waals surface area contributed by atoms with Gasteiger partial charge in [-0.15, -0.1) is 0 Å². The smallest absolute Gasteiger partial charge is 0.418 e. The second kappa shape index (κ2) is 14.9. The number of carbonyl (C=O) groups is 3. The second-order valence-corrected chi connectivity index (χ2v) is 9.16. The van der Waals surface area contributed by atoms with Gasteiger partial charge in [-0.25, -0.2) is 5.43 Å². The highest BCUT2D eigenvalue weighted by Crippen LogP contribution is 2.36. The van der Waals surface area contributed by atoms with Gasteiger partial charge in [0.2, 0.25) is 0 Å². The fraction of sp³-hybridized carbons (Fsp3) is 0.214. The maximum atomic E-state index is 13.3. The second-order valence-electron chi connectivity index (χ2n) is 8.25. The van der Waals surface area contributed by atoms with E-state index in [1.165, 1.54) is 30.5 Å². The lowest BCUT2D eigenvalue weighted by atomic mass is 10.1. The van der Waals surface area contributed by atoms with Crippen LogP contribution in [0.5, 0.6) is 17.2 Å². The van der Waals surface area contributed by atoms with E-state index in [0.29, 0.717) is 23.6 Å². The number of amides is 3. The van der Waals surface area contributed by atoms with Gasteiger partial charge in [0.05, 0.1) is 36.4 Å². The first-order valence-electron chi connectivity index (χ1n) is 12.4. The SMILES string of the molecule is CCOc1ccccc1NC(=O)C(=O)N/N=C\c1ccc(OCC(=O)Nc2ccc(Br)cc2C(F)(F)F)c(OCC)c1. The number of carbonyl (C=O) groups excluding carboxylic acids is 3. The lowest BCUT2D eigenvalue weighted by Gasteiger charge is -2.15. The Morgan fingerprint density at radius 2 is 1.55 bits per heavy atom. The Bertz CT molecular complexity index is 1470. The van der Waals surface area contributed by atoms with Gasteiger partial charge in [-0.3, -0.25) is 14.4 Å². The molecule has 0 saturated carbocycles. The minimum absolute atomic E-state index is 0.146. The first-order chi connectivity index (χ1) is 20.0. The van der Waals surface area contributed by atoms with E-state index < -0.39 is 41.8 Å². The molecule has 0 fully saturated rings. The molecule has 42 heavy (non-hydrogen) atoms. The first kappa shape index (κ1) is 31.9. The normalized spacial score (nSPS) is 11.1. The molecule has 3 amide bonds. The molecular formula is C28H26BrF3N4O6. The first-order valence-corrected chi connectivity index (χ1v) is 13.2. The monoisotopic (exact) mass is 650 g/mol. The van der Waals surface area contributed by atoms with E-state index in [9.17, 15) is 27.6 Å². The van der Waals surface area contributed by atoms with Crippen LogP contribution in [0.4, 0.5) is 24.5 Å². The Labute approximate surface area is 247 Å². The average molecular weight is 651 g/mol. The molecule has 14 heteroatoms. The van der Waals surface area contributed by atoms with E-state index in [4.69, 9.17) is 14.2 Å². The zero-order chi connectivity index (χ0) is 30.7. The van der Waals surface area contributed by atoms with E-state index in [1.807, 2.05) is 0 Å². The molecule has 222 valence electrons. The number of anilines is 2. The van der Waals surface area contributed by atoms with Gasteiger partial charge < -0.3 is 24.8 Å². The lowest BCUT2D eigenvalue weighted by Crippen LogP contribution is -2.32. The summed E-state index contributed by atoms with van der Waals surface area (Å²) in [5.41, 5.74) is 1.47. The maximum Gasteiger partial charge on any atom is 0.418 e. The summed E-state index contributed by atoms with van der Waals surface area (Å²) >= 11 is 2.99.